The number of methoxy groups -OCH3 is 1. The third kappa shape index (κ3) is 3.16. The van der Waals surface area contributed by atoms with E-state index in [-0.39, 0.29) is 19.1 Å². The first kappa shape index (κ1) is 10.8. The second-order valence-electron chi connectivity index (χ2n) is 2.57. The van der Waals surface area contributed by atoms with Crippen LogP contribution < -0.4 is 0 Å². The molecule has 0 spiro atoms. The molecule has 0 aliphatic carbocycles. The highest BCUT2D eigenvalue weighted by atomic mass is 16.5. The zero-order chi connectivity index (χ0) is 8.85. The average Bonchev–Trinajstić information content (AvgIpc) is 2.05. The molecule has 0 amide bonds. The van der Waals surface area contributed by atoms with Gasteiger partial charge in [-0.25, -0.2) is 0 Å². The van der Waals surface area contributed by atoms with Gasteiger partial charge in [-0.05, 0) is 0 Å². The van der Waals surface area contributed by atoms with Crippen molar-refractivity contribution >= 4 is 0 Å². The molecule has 3 atom stereocenters. The van der Waals surface area contributed by atoms with Gasteiger partial charge >= 0.3 is 0 Å². The van der Waals surface area contributed by atoms with Crippen molar-refractivity contribution in [2.24, 2.45) is 5.92 Å². The van der Waals surface area contributed by atoms with Gasteiger partial charge in [0.25, 0.3) is 0 Å². The van der Waals surface area contributed by atoms with E-state index in [1.165, 1.54) is 7.11 Å². The van der Waals surface area contributed by atoms with Gasteiger partial charge in [-0.2, -0.15) is 0 Å². The first-order valence-corrected chi connectivity index (χ1v) is 3.60. The predicted octanol–water partition coefficient (Wildman–Crippen LogP) is -1.02. The summed E-state index contributed by atoms with van der Waals surface area (Å²) in [6.07, 6.45) is -1.23. The number of rotatable bonds is 5. The molecule has 0 fully saturated rings. The molecular formula is C7H16O4. The van der Waals surface area contributed by atoms with Gasteiger partial charge in [-0.15, -0.1) is 0 Å². The van der Waals surface area contributed by atoms with Crippen LogP contribution in [0, 0.1) is 5.92 Å². The van der Waals surface area contributed by atoms with Crippen molar-refractivity contribution in [3.63, 3.8) is 0 Å². The Labute approximate surface area is 66.4 Å². The lowest BCUT2D eigenvalue weighted by molar-refractivity contribution is -0.0486. The van der Waals surface area contributed by atoms with Crippen LogP contribution >= 0.6 is 0 Å². The number of hydrogen-bond donors (Lipinski definition) is 3. The van der Waals surface area contributed by atoms with Crippen LogP contribution in [-0.4, -0.2) is 47.9 Å². The Balaban J connectivity index is 3.86. The highest BCUT2D eigenvalue weighted by Crippen LogP contribution is 2.10. The fraction of sp³-hybridized carbons (Fsp3) is 1.00. The largest absolute Gasteiger partial charge is 0.394 e. The zero-order valence-electron chi connectivity index (χ0n) is 6.90. The molecule has 0 heterocycles. The van der Waals surface area contributed by atoms with Gasteiger partial charge in [0, 0.05) is 13.0 Å². The van der Waals surface area contributed by atoms with Gasteiger partial charge in [-0.1, -0.05) is 6.92 Å². The summed E-state index contributed by atoms with van der Waals surface area (Å²) in [4.78, 5) is 0. The first-order valence-electron chi connectivity index (χ1n) is 3.60. The zero-order valence-corrected chi connectivity index (χ0v) is 6.90. The number of aliphatic hydroxyl groups is 3. The van der Waals surface area contributed by atoms with Crippen molar-refractivity contribution in [1.29, 1.82) is 0 Å². The van der Waals surface area contributed by atoms with E-state index in [0.29, 0.717) is 0 Å². The first-order chi connectivity index (χ1) is 5.17. The number of aliphatic hydroxyl groups excluding tert-OH is 3. The van der Waals surface area contributed by atoms with Crippen LogP contribution in [0.2, 0.25) is 0 Å². The Morgan fingerprint density at radius 1 is 1.27 bits per heavy atom. The van der Waals surface area contributed by atoms with E-state index in [0.717, 1.165) is 0 Å². The van der Waals surface area contributed by atoms with Gasteiger partial charge in [0.1, 0.15) is 0 Å². The Morgan fingerprint density at radius 3 is 2.09 bits per heavy atom. The fourth-order valence-corrected chi connectivity index (χ4v) is 0.869. The molecule has 0 saturated heterocycles. The molecule has 0 aromatic heterocycles. The van der Waals surface area contributed by atoms with Crippen LogP contribution in [0.25, 0.3) is 0 Å². The molecule has 0 aromatic carbocycles. The van der Waals surface area contributed by atoms with Gasteiger partial charge in [-0.3, -0.25) is 0 Å². The van der Waals surface area contributed by atoms with E-state index in [1.807, 2.05) is 0 Å². The van der Waals surface area contributed by atoms with Gasteiger partial charge in [0.15, 0.2) is 0 Å². The quantitative estimate of drug-likeness (QED) is 0.486. The number of hydrogen-bond acceptors (Lipinski definition) is 4. The smallest absolute Gasteiger partial charge is 0.0852 e. The van der Waals surface area contributed by atoms with Crippen LogP contribution in [0.15, 0.2) is 0 Å². The minimum atomic E-state index is -0.827. The van der Waals surface area contributed by atoms with Crippen molar-refractivity contribution in [3.05, 3.63) is 0 Å². The molecule has 3 N–H and O–H groups in total. The molecular weight excluding hydrogens is 148 g/mol. The third-order valence-electron chi connectivity index (χ3n) is 1.86. The Morgan fingerprint density at radius 2 is 1.82 bits per heavy atom. The molecule has 0 bridgehead atoms. The molecule has 68 valence electrons. The van der Waals surface area contributed by atoms with Crippen molar-refractivity contribution < 1.29 is 20.1 Å². The Kier molecular flexibility index (Phi) is 5.41. The molecule has 0 aliphatic rings. The van der Waals surface area contributed by atoms with Crippen molar-refractivity contribution in [2.45, 2.75) is 19.1 Å². The molecule has 0 unspecified atom stereocenters. The van der Waals surface area contributed by atoms with Crippen molar-refractivity contribution in [1.82, 2.24) is 0 Å². The normalized spacial score (nSPS) is 19.4. The minimum Gasteiger partial charge on any atom is -0.394 e. The van der Waals surface area contributed by atoms with E-state index in [9.17, 15) is 0 Å². The van der Waals surface area contributed by atoms with E-state index in [1.54, 1.807) is 6.92 Å². The summed E-state index contributed by atoms with van der Waals surface area (Å²) in [7, 11) is 1.46. The standard InChI is InChI=1S/C7H16O4/c1-5(6(10)3-8)7(4-9)11-2/h5-10H,3-4H2,1-2H3/t5-,6-,7-/m0/s1. The molecule has 0 aliphatic heterocycles. The molecule has 11 heavy (non-hydrogen) atoms. The van der Waals surface area contributed by atoms with E-state index in [4.69, 9.17) is 20.1 Å². The summed E-state index contributed by atoms with van der Waals surface area (Å²) in [6, 6.07) is 0. The third-order valence-corrected chi connectivity index (χ3v) is 1.86. The monoisotopic (exact) mass is 164 g/mol. The summed E-state index contributed by atoms with van der Waals surface area (Å²) in [5, 5.41) is 26.4. The average molecular weight is 164 g/mol. The summed E-state index contributed by atoms with van der Waals surface area (Å²) in [6.45, 7) is 1.26. The predicted molar refractivity (Wildman–Crippen MR) is 40.1 cm³/mol. The molecule has 0 saturated carbocycles. The maximum Gasteiger partial charge on any atom is 0.0852 e. The Hall–Kier alpha value is -0.160. The Bertz CT molecular complexity index is 92.4. The van der Waals surface area contributed by atoms with E-state index >= 15 is 0 Å². The van der Waals surface area contributed by atoms with E-state index < -0.39 is 12.2 Å². The minimum absolute atomic E-state index is 0.144. The van der Waals surface area contributed by atoms with Crippen molar-refractivity contribution in [2.75, 3.05) is 20.3 Å². The van der Waals surface area contributed by atoms with Crippen LogP contribution in [0.3, 0.4) is 0 Å². The van der Waals surface area contributed by atoms with Crippen LogP contribution in [0.4, 0.5) is 0 Å². The van der Waals surface area contributed by atoms with Gasteiger partial charge in [0.05, 0.1) is 25.4 Å². The molecule has 0 aromatic rings. The lowest BCUT2D eigenvalue weighted by Crippen LogP contribution is -2.35. The van der Waals surface area contributed by atoms with Crippen molar-refractivity contribution in [3.8, 4) is 0 Å². The molecule has 0 rings (SSSR count). The maximum absolute atomic E-state index is 9.12. The second-order valence-corrected chi connectivity index (χ2v) is 2.57. The van der Waals surface area contributed by atoms with E-state index in [2.05, 4.69) is 0 Å². The van der Waals surface area contributed by atoms with Gasteiger partial charge < -0.3 is 20.1 Å². The summed E-state index contributed by atoms with van der Waals surface area (Å²) >= 11 is 0. The van der Waals surface area contributed by atoms with Crippen LogP contribution in [0.5, 0.6) is 0 Å². The van der Waals surface area contributed by atoms with Gasteiger partial charge in [0.2, 0.25) is 0 Å². The topological polar surface area (TPSA) is 69.9 Å². The summed E-state index contributed by atoms with van der Waals surface area (Å²) in [5.74, 6) is -0.255. The molecule has 4 nitrogen and oxygen atoms in total. The maximum atomic E-state index is 9.12. The fourth-order valence-electron chi connectivity index (χ4n) is 0.869. The summed E-state index contributed by atoms with van der Waals surface area (Å²) < 4.78 is 4.86. The second kappa shape index (κ2) is 5.49. The summed E-state index contributed by atoms with van der Waals surface area (Å²) in [5.41, 5.74) is 0. The highest BCUT2D eigenvalue weighted by molar-refractivity contribution is 4.71. The lowest BCUT2D eigenvalue weighted by atomic mass is 9.99. The molecule has 0 radical (unpaired) electrons. The lowest BCUT2D eigenvalue weighted by Gasteiger charge is -2.23. The molecule has 4 heteroatoms. The van der Waals surface area contributed by atoms with Crippen LogP contribution in [0.1, 0.15) is 6.92 Å². The number of ether oxygens (including phenoxy) is 1. The highest BCUT2D eigenvalue weighted by Gasteiger charge is 2.22. The SMILES string of the molecule is CO[C@@H](CO)[C@@H](C)[C@@H](O)CO. The van der Waals surface area contributed by atoms with Crippen LogP contribution in [-0.2, 0) is 4.74 Å².